The van der Waals surface area contributed by atoms with Crippen molar-refractivity contribution in [1.29, 1.82) is 0 Å². The van der Waals surface area contributed by atoms with Crippen molar-refractivity contribution in [3.05, 3.63) is 93.2 Å². The van der Waals surface area contributed by atoms with Crippen LogP contribution in [0.2, 0.25) is 0 Å². The van der Waals surface area contributed by atoms with E-state index in [1.165, 1.54) is 35.2 Å². The number of nitro benzene ring substituents is 1. The Labute approximate surface area is 192 Å². The summed E-state index contributed by atoms with van der Waals surface area (Å²) in [4.78, 5) is 40.2. The summed E-state index contributed by atoms with van der Waals surface area (Å²) < 4.78 is 0. The molecule has 0 aliphatic carbocycles. The first kappa shape index (κ1) is 23.9. The zero-order valence-electron chi connectivity index (χ0n) is 18.7. The third-order valence-electron chi connectivity index (χ3n) is 5.77. The molecule has 2 aromatic rings. The number of nitrogens with zero attached hydrogens (tertiary/aromatic N) is 3. The van der Waals surface area contributed by atoms with Gasteiger partial charge < -0.3 is 14.9 Å². The number of hydrogen-bond acceptors (Lipinski definition) is 6. The van der Waals surface area contributed by atoms with Crippen molar-refractivity contribution in [2.75, 3.05) is 26.2 Å². The molecule has 0 saturated heterocycles. The molecular formula is C25H27N3O5. The maximum atomic E-state index is 13.1. The molecule has 1 amide bonds. The second kappa shape index (κ2) is 10.7. The summed E-state index contributed by atoms with van der Waals surface area (Å²) in [6.45, 7) is 6.49. The van der Waals surface area contributed by atoms with Gasteiger partial charge in [0.25, 0.3) is 11.6 Å². The predicted molar refractivity (Wildman–Crippen MR) is 125 cm³/mol. The van der Waals surface area contributed by atoms with Crippen molar-refractivity contribution >= 4 is 23.5 Å². The maximum Gasteiger partial charge on any atom is 0.290 e. The lowest BCUT2D eigenvalue weighted by Crippen LogP contribution is -2.38. The SMILES string of the molecule is CCN(CC)CCN1C(=O)C(O)=C(C(=O)/C=C/c2ccccc2)C1c1ccc([N+](=O)[O-])cc1. The Balaban J connectivity index is 1.97. The van der Waals surface area contributed by atoms with E-state index in [4.69, 9.17) is 0 Å². The number of rotatable bonds is 10. The topological polar surface area (TPSA) is 104 Å². The molecule has 0 saturated carbocycles. The molecule has 1 heterocycles. The Morgan fingerprint density at radius 3 is 2.33 bits per heavy atom. The normalized spacial score (nSPS) is 16.3. The average Bonchev–Trinajstić information content (AvgIpc) is 3.09. The Morgan fingerprint density at radius 2 is 1.76 bits per heavy atom. The summed E-state index contributed by atoms with van der Waals surface area (Å²) in [7, 11) is 0. The van der Waals surface area contributed by atoms with Gasteiger partial charge in [-0.25, -0.2) is 0 Å². The van der Waals surface area contributed by atoms with Crippen LogP contribution in [0.5, 0.6) is 0 Å². The van der Waals surface area contributed by atoms with Gasteiger partial charge in [-0.05, 0) is 42.4 Å². The monoisotopic (exact) mass is 449 g/mol. The van der Waals surface area contributed by atoms with Gasteiger partial charge in [-0.15, -0.1) is 0 Å². The van der Waals surface area contributed by atoms with Crippen molar-refractivity contribution < 1.29 is 19.6 Å². The standard InChI is InChI=1S/C25H27N3O5/c1-3-26(4-2)16-17-27-23(19-11-13-20(14-12-19)28(32)33)22(24(30)25(27)31)21(29)15-10-18-8-6-5-7-9-18/h5-15,23,30H,3-4,16-17H2,1-2H3/b15-10+. The number of likely N-dealkylation sites (N-methyl/N-ethyl adjacent to an activating group) is 1. The highest BCUT2D eigenvalue weighted by Crippen LogP contribution is 2.38. The van der Waals surface area contributed by atoms with Gasteiger partial charge in [0.2, 0.25) is 0 Å². The first-order chi connectivity index (χ1) is 15.9. The molecule has 8 heteroatoms. The highest BCUT2D eigenvalue weighted by molar-refractivity contribution is 6.14. The molecule has 1 aliphatic heterocycles. The van der Waals surface area contributed by atoms with Crippen LogP contribution in [0.15, 0.2) is 72.0 Å². The van der Waals surface area contributed by atoms with E-state index in [2.05, 4.69) is 4.90 Å². The Morgan fingerprint density at radius 1 is 1.12 bits per heavy atom. The number of carbonyl (C=O) groups is 2. The van der Waals surface area contributed by atoms with Gasteiger partial charge in [0.1, 0.15) is 0 Å². The lowest BCUT2D eigenvalue weighted by atomic mass is 9.95. The fourth-order valence-electron chi connectivity index (χ4n) is 3.88. The Hall–Kier alpha value is -3.78. The lowest BCUT2D eigenvalue weighted by molar-refractivity contribution is -0.384. The summed E-state index contributed by atoms with van der Waals surface area (Å²) in [6, 6.07) is 14.1. The first-order valence-electron chi connectivity index (χ1n) is 10.9. The van der Waals surface area contributed by atoms with Crippen LogP contribution in [0.25, 0.3) is 6.08 Å². The van der Waals surface area contributed by atoms with Crippen molar-refractivity contribution in [3.8, 4) is 0 Å². The number of allylic oxidation sites excluding steroid dienone is 1. The fourth-order valence-corrected chi connectivity index (χ4v) is 3.88. The number of ketones is 1. The third kappa shape index (κ3) is 5.35. The largest absolute Gasteiger partial charge is 0.503 e. The second-order valence-corrected chi connectivity index (χ2v) is 7.65. The van der Waals surface area contributed by atoms with Crippen molar-refractivity contribution in [2.45, 2.75) is 19.9 Å². The molecule has 33 heavy (non-hydrogen) atoms. The fraction of sp³-hybridized carbons (Fsp3) is 0.280. The molecule has 172 valence electrons. The highest BCUT2D eigenvalue weighted by atomic mass is 16.6. The van der Waals surface area contributed by atoms with Gasteiger partial charge in [-0.3, -0.25) is 19.7 Å². The van der Waals surface area contributed by atoms with E-state index in [0.29, 0.717) is 18.7 Å². The number of nitro groups is 1. The van der Waals surface area contributed by atoms with E-state index in [9.17, 15) is 24.8 Å². The molecule has 8 nitrogen and oxygen atoms in total. The van der Waals surface area contributed by atoms with Crippen molar-refractivity contribution in [1.82, 2.24) is 9.80 Å². The molecule has 1 aliphatic rings. The van der Waals surface area contributed by atoms with E-state index >= 15 is 0 Å². The number of hydrogen-bond donors (Lipinski definition) is 1. The lowest BCUT2D eigenvalue weighted by Gasteiger charge is -2.29. The van der Waals surface area contributed by atoms with Gasteiger partial charge in [-0.1, -0.05) is 50.3 Å². The van der Waals surface area contributed by atoms with E-state index < -0.39 is 28.4 Å². The molecule has 0 aromatic heterocycles. The summed E-state index contributed by atoms with van der Waals surface area (Å²) in [5, 5.41) is 21.7. The van der Waals surface area contributed by atoms with Gasteiger partial charge in [0.05, 0.1) is 16.5 Å². The van der Waals surface area contributed by atoms with Gasteiger partial charge in [-0.2, -0.15) is 0 Å². The van der Waals surface area contributed by atoms with E-state index in [1.807, 2.05) is 44.2 Å². The van der Waals surface area contributed by atoms with Crippen LogP contribution in [-0.4, -0.2) is 57.7 Å². The number of non-ortho nitro benzene ring substituents is 1. The molecule has 0 radical (unpaired) electrons. The third-order valence-corrected chi connectivity index (χ3v) is 5.77. The number of amides is 1. The summed E-state index contributed by atoms with van der Waals surface area (Å²) in [6.07, 6.45) is 2.96. The zero-order chi connectivity index (χ0) is 24.0. The Kier molecular flexibility index (Phi) is 7.74. The van der Waals surface area contributed by atoms with Crippen LogP contribution in [-0.2, 0) is 9.59 Å². The first-order valence-corrected chi connectivity index (χ1v) is 10.9. The Bertz CT molecular complexity index is 1070. The summed E-state index contributed by atoms with van der Waals surface area (Å²) in [5.74, 6) is -1.69. The quantitative estimate of drug-likeness (QED) is 0.335. The van der Waals surface area contributed by atoms with Crippen LogP contribution in [0.4, 0.5) is 5.69 Å². The van der Waals surface area contributed by atoms with Gasteiger partial charge in [0.15, 0.2) is 11.5 Å². The molecule has 1 atom stereocenters. The van der Waals surface area contributed by atoms with Crippen LogP contribution >= 0.6 is 0 Å². The molecular weight excluding hydrogens is 422 g/mol. The van der Waals surface area contributed by atoms with Crippen LogP contribution < -0.4 is 0 Å². The van der Waals surface area contributed by atoms with Gasteiger partial charge in [0, 0.05) is 25.2 Å². The summed E-state index contributed by atoms with van der Waals surface area (Å²) >= 11 is 0. The van der Waals surface area contributed by atoms with Crippen LogP contribution in [0, 0.1) is 10.1 Å². The molecule has 0 fully saturated rings. The van der Waals surface area contributed by atoms with Crippen LogP contribution in [0.1, 0.15) is 31.0 Å². The van der Waals surface area contributed by atoms with Crippen LogP contribution in [0.3, 0.4) is 0 Å². The maximum absolute atomic E-state index is 13.1. The van der Waals surface area contributed by atoms with Crippen molar-refractivity contribution in [3.63, 3.8) is 0 Å². The molecule has 0 bridgehead atoms. The molecule has 3 rings (SSSR count). The highest BCUT2D eigenvalue weighted by Gasteiger charge is 2.42. The molecule has 0 spiro atoms. The minimum absolute atomic E-state index is 0.0272. The average molecular weight is 450 g/mol. The van der Waals surface area contributed by atoms with Crippen molar-refractivity contribution in [2.24, 2.45) is 0 Å². The number of aliphatic hydroxyl groups excluding tert-OH is 1. The van der Waals surface area contributed by atoms with E-state index in [-0.39, 0.29) is 11.3 Å². The zero-order valence-corrected chi connectivity index (χ0v) is 18.7. The molecule has 1 N–H and O–H groups in total. The molecule has 2 aromatic carbocycles. The minimum Gasteiger partial charge on any atom is -0.503 e. The van der Waals surface area contributed by atoms with E-state index in [0.717, 1.165) is 18.7 Å². The van der Waals surface area contributed by atoms with Gasteiger partial charge >= 0.3 is 0 Å². The molecule has 1 unspecified atom stereocenters. The number of carbonyl (C=O) groups excluding carboxylic acids is 2. The number of benzene rings is 2. The second-order valence-electron chi connectivity index (χ2n) is 7.65. The predicted octanol–water partition coefficient (Wildman–Crippen LogP) is 3.91. The van der Waals surface area contributed by atoms with E-state index in [1.54, 1.807) is 6.08 Å². The minimum atomic E-state index is -0.832. The summed E-state index contributed by atoms with van der Waals surface area (Å²) in [5.41, 5.74) is 1.21. The number of aliphatic hydroxyl groups is 1. The smallest absolute Gasteiger partial charge is 0.290 e.